The first-order valence-corrected chi connectivity index (χ1v) is 22.0. The molecule has 0 aliphatic heterocycles. The number of primary amides is 1. The van der Waals surface area contributed by atoms with Gasteiger partial charge in [-0.15, -0.1) is 0 Å². The van der Waals surface area contributed by atoms with Crippen molar-refractivity contribution in [3.8, 4) is 5.75 Å². The summed E-state index contributed by atoms with van der Waals surface area (Å²) in [6.07, 6.45) is -1.80. The summed E-state index contributed by atoms with van der Waals surface area (Å²) in [6, 6.07) is -4.62. The fourth-order valence-corrected chi connectivity index (χ4v) is 6.25. The Morgan fingerprint density at radius 2 is 1.13 bits per heavy atom. The average Bonchev–Trinajstić information content (AvgIpc) is 3.27. The summed E-state index contributed by atoms with van der Waals surface area (Å²) in [5.41, 5.74) is 21.9. The molecule has 0 radical (unpaired) electrons. The molecular formula is C42H67N13O15. The second-order valence-electron chi connectivity index (χ2n) is 16.8. The van der Waals surface area contributed by atoms with Crippen LogP contribution >= 0.6 is 0 Å². The van der Waals surface area contributed by atoms with Crippen LogP contribution in [0.1, 0.15) is 71.8 Å². The van der Waals surface area contributed by atoms with Gasteiger partial charge in [-0.2, -0.15) is 0 Å². The van der Waals surface area contributed by atoms with E-state index in [1.54, 1.807) is 27.7 Å². The van der Waals surface area contributed by atoms with E-state index in [2.05, 4.69) is 47.5 Å². The van der Waals surface area contributed by atoms with E-state index in [-0.39, 0.29) is 56.3 Å². The molecule has 1 aromatic rings. The number of guanidine groups is 1. The highest BCUT2D eigenvalue weighted by molar-refractivity contribution is 5.97. The van der Waals surface area contributed by atoms with Crippen LogP contribution in [0, 0.1) is 11.8 Å². The lowest BCUT2D eigenvalue weighted by atomic mass is 9.99. The van der Waals surface area contributed by atoms with Gasteiger partial charge in [0.15, 0.2) is 5.96 Å². The van der Waals surface area contributed by atoms with Crippen molar-refractivity contribution in [3.63, 3.8) is 0 Å². The van der Waals surface area contributed by atoms with Gasteiger partial charge in [-0.3, -0.25) is 52.9 Å². The standard InChI is InChI=1S/C42H67N13O15/c1-20(2)14-27(38(66)53-28(15-22-7-9-23(57)10-8-22)39(67)55-34(21(3)4)41(69)70)52-40(68)29(19-56)54-37(65)25(6-5-13-47-42(45)46)50-32(60)18-49-36(64)26(11-12-30(44)58)51-31(59)17-48-35(63)24(43)16-33(61)62/h7-10,20-21,24-29,34,56-57H,5-6,11-19,43H2,1-4H3,(H2,44,58)(H,48,63)(H,49,64)(H,50,60)(H,51,59)(H,52,68)(H,53,66)(H,54,65)(H,55,67)(H,61,62)(H,69,70)(H4,45,46,47)/t24-,25-,26-,27-,28-,29-,34-/m0/s1. The Kier molecular flexibility index (Phi) is 26.5. The second kappa shape index (κ2) is 30.7. The smallest absolute Gasteiger partial charge is 0.326 e. The fraction of sp³-hybridized carbons (Fsp3) is 0.571. The quantitative estimate of drug-likeness (QED) is 0.0181. The highest BCUT2D eigenvalue weighted by Gasteiger charge is 2.34. The molecule has 1 rings (SSSR count). The molecule has 70 heavy (non-hydrogen) atoms. The van der Waals surface area contributed by atoms with Crippen molar-refractivity contribution in [1.29, 1.82) is 0 Å². The molecule has 28 nitrogen and oxygen atoms in total. The number of benzene rings is 1. The van der Waals surface area contributed by atoms with Crippen molar-refractivity contribution in [3.05, 3.63) is 29.8 Å². The molecule has 0 heterocycles. The number of carboxylic acids is 2. The molecule has 0 unspecified atom stereocenters. The topological polar surface area (TPSA) is 481 Å². The number of hydrogen-bond donors (Lipinski definition) is 16. The van der Waals surface area contributed by atoms with Crippen LogP contribution < -0.4 is 65.5 Å². The van der Waals surface area contributed by atoms with Gasteiger partial charge in [0, 0.05) is 19.4 Å². The van der Waals surface area contributed by atoms with Crippen LogP contribution in [-0.2, 0) is 59.2 Å². The number of nitrogens with zero attached hydrogens (tertiary/aromatic N) is 1. The molecule has 20 N–H and O–H groups in total. The highest BCUT2D eigenvalue weighted by Crippen LogP contribution is 2.14. The predicted octanol–water partition coefficient (Wildman–Crippen LogP) is -6.02. The van der Waals surface area contributed by atoms with Crippen LogP contribution in [0.25, 0.3) is 0 Å². The summed E-state index contributed by atoms with van der Waals surface area (Å²) in [4.78, 5) is 144. The third-order valence-electron chi connectivity index (χ3n) is 9.90. The predicted molar refractivity (Wildman–Crippen MR) is 247 cm³/mol. The number of hydrogen-bond acceptors (Lipinski definition) is 15. The van der Waals surface area contributed by atoms with E-state index in [1.165, 1.54) is 24.3 Å². The number of carbonyl (C=O) groups excluding carboxylic acids is 9. The normalized spacial score (nSPS) is 13.9. The maximum absolute atomic E-state index is 13.9. The van der Waals surface area contributed by atoms with Gasteiger partial charge in [-0.1, -0.05) is 39.8 Å². The molecule has 0 saturated heterocycles. The summed E-state index contributed by atoms with van der Waals surface area (Å²) >= 11 is 0. The minimum atomic E-state index is -1.74. The molecule has 0 fully saturated rings. The molecule has 0 aliphatic carbocycles. The lowest BCUT2D eigenvalue weighted by Crippen LogP contribution is -2.60. The zero-order valence-corrected chi connectivity index (χ0v) is 39.3. The highest BCUT2D eigenvalue weighted by atomic mass is 16.4. The Morgan fingerprint density at radius 3 is 1.63 bits per heavy atom. The first kappa shape index (κ1) is 60.4. The third-order valence-corrected chi connectivity index (χ3v) is 9.90. The van der Waals surface area contributed by atoms with Gasteiger partial charge in [0.25, 0.3) is 0 Å². The van der Waals surface area contributed by atoms with Crippen LogP contribution in [0.3, 0.4) is 0 Å². The lowest BCUT2D eigenvalue weighted by molar-refractivity contribution is -0.143. The number of carboxylic acid groups (broad SMARTS) is 2. The van der Waals surface area contributed by atoms with Crippen LogP contribution in [0.2, 0.25) is 0 Å². The van der Waals surface area contributed by atoms with Crippen LogP contribution in [-0.4, -0.2) is 160 Å². The number of nitrogens with two attached hydrogens (primary N) is 4. The van der Waals surface area contributed by atoms with Crippen molar-refractivity contribution in [1.82, 2.24) is 42.5 Å². The van der Waals surface area contributed by atoms with Gasteiger partial charge in [0.05, 0.1) is 32.2 Å². The Bertz CT molecular complexity index is 2030. The molecule has 0 aliphatic rings. The van der Waals surface area contributed by atoms with E-state index in [4.69, 9.17) is 28.0 Å². The maximum Gasteiger partial charge on any atom is 0.326 e. The van der Waals surface area contributed by atoms with Crippen molar-refractivity contribution in [2.24, 2.45) is 39.8 Å². The summed E-state index contributed by atoms with van der Waals surface area (Å²) in [5, 5.41) is 57.3. The molecule has 0 saturated carbocycles. The van der Waals surface area contributed by atoms with Crippen molar-refractivity contribution >= 4 is 71.1 Å². The van der Waals surface area contributed by atoms with E-state index >= 15 is 0 Å². The number of phenols is 1. The number of rotatable bonds is 32. The Hall–Kier alpha value is -7.62. The van der Waals surface area contributed by atoms with Gasteiger partial charge >= 0.3 is 11.9 Å². The third kappa shape index (κ3) is 23.9. The zero-order chi connectivity index (χ0) is 53.2. The van der Waals surface area contributed by atoms with Gasteiger partial charge in [-0.25, -0.2) is 4.79 Å². The number of aliphatic hydroxyl groups excluding tert-OH is 1. The molecular weight excluding hydrogens is 927 g/mol. The van der Waals surface area contributed by atoms with Gasteiger partial charge < -0.3 is 85.9 Å². The lowest BCUT2D eigenvalue weighted by Gasteiger charge is -2.27. The molecule has 0 aromatic heterocycles. The summed E-state index contributed by atoms with van der Waals surface area (Å²) in [6.45, 7) is 3.96. The number of amides is 9. The monoisotopic (exact) mass is 993 g/mol. The van der Waals surface area contributed by atoms with E-state index in [1.807, 2.05) is 0 Å². The summed E-state index contributed by atoms with van der Waals surface area (Å²) in [5.74, 6) is -12.5. The Morgan fingerprint density at radius 1 is 0.629 bits per heavy atom. The molecule has 9 amide bonds. The van der Waals surface area contributed by atoms with Gasteiger partial charge in [0.1, 0.15) is 42.0 Å². The Labute approximate surface area is 402 Å². The molecule has 390 valence electrons. The van der Waals surface area contributed by atoms with Crippen LogP contribution in [0.4, 0.5) is 0 Å². The van der Waals surface area contributed by atoms with E-state index in [0.29, 0.717) is 5.56 Å². The molecule has 7 atom stereocenters. The minimum absolute atomic E-state index is 0.0247. The van der Waals surface area contributed by atoms with Gasteiger partial charge in [0.2, 0.25) is 53.2 Å². The Balaban J connectivity index is 3.24. The zero-order valence-electron chi connectivity index (χ0n) is 39.3. The van der Waals surface area contributed by atoms with Crippen molar-refractivity contribution in [2.75, 3.05) is 26.2 Å². The number of aliphatic carboxylic acids is 2. The molecule has 28 heteroatoms. The fourth-order valence-electron chi connectivity index (χ4n) is 6.25. The summed E-state index contributed by atoms with van der Waals surface area (Å²) < 4.78 is 0. The molecule has 0 bridgehead atoms. The number of aliphatic hydroxyl groups is 1. The summed E-state index contributed by atoms with van der Waals surface area (Å²) in [7, 11) is 0. The van der Waals surface area contributed by atoms with Crippen LogP contribution in [0.5, 0.6) is 5.75 Å². The molecule has 1 aromatic carbocycles. The average molecular weight is 994 g/mol. The first-order chi connectivity index (χ1) is 32.7. The number of aliphatic imine (C=N–C) groups is 1. The van der Waals surface area contributed by atoms with E-state index in [0.717, 1.165) is 0 Å². The number of phenolic OH excluding ortho intramolecular Hbond substituents is 1. The van der Waals surface area contributed by atoms with E-state index < -0.39 is 146 Å². The second-order valence-corrected chi connectivity index (χ2v) is 16.8. The minimum Gasteiger partial charge on any atom is -0.508 e. The van der Waals surface area contributed by atoms with Crippen molar-refractivity contribution < 1.29 is 73.2 Å². The number of carbonyl (C=O) groups is 11. The molecule has 0 spiro atoms. The van der Waals surface area contributed by atoms with Crippen molar-refractivity contribution in [2.45, 2.75) is 115 Å². The first-order valence-electron chi connectivity index (χ1n) is 22.0. The number of nitrogens with one attached hydrogen (secondary N) is 8. The number of aromatic hydroxyl groups is 1. The van der Waals surface area contributed by atoms with E-state index in [9.17, 15) is 68.1 Å². The maximum atomic E-state index is 13.9. The van der Waals surface area contributed by atoms with Crippen LogP contribution in [0.15, 0.2) is 29.3 Å². The SMILES string of the molecule is CC(C)C[C@H](NC(=O)[C@H](CO)NC(=O)[C@H](CCCN=C(N)N)NC(=O)CNC(=O)[C@H](CCC(N)=O)NC(=O)CNC(=O)[C@@H](N)CC(=O)O)C(=O)N[C@@H](Cc1ccc(O)cc1)C(=O)N[C@H](C(=O)O)C(C)C. The largest absolute Gasteiger partial charge is 0.508 e. The van der Waals surface area contributed by atoms with Gasteiger partial charge in [-0.05, 0) is 55.2 Å².